The van der Waals surface area contributed by atoms with Gasteiger partial charge >= 0.3 is 0 Å². The lowest BCUT2D eigenvalue weighted by Crippen LogP contribution is -2.31. The van der Waals surface area contributed by atoms with Crippen LogP contribution in [0.25, 0.3) is 0 Å². The van der Waals surface area contributed by atoms with Gasteiger partial charge in [-0.1, -0.05) is 24.3 Å². The van der Waals surface area contributed by atoms with Crippen LogP contribution in [0.4, 0.5) is 17.1 Å². The fourth-order valence-corrected chi connectivity index (χ4v) is 3.22. The van der Waals surface area contributed by atoms with Crippen molar-refractivity contribution in [1.29, 1.82) is 0 Å². The molecule has 0 atom stereocenters. The Hall–Kier alpha value is -3.54. The van der Waals surface area contributed by atoms with E-state index in [9.17, 15) is 9.59 Å². The molecule has 0 spiro atoms. The third-order valence-electron chi connectivity index (χ3n) is 4.47. The van der Waals surface area contributed by atoms with Crippen LogP contribution in [0, 0.1) is 0 Å². The number of nitrogens with one attached hydrogen (secondary N) is 2. The zero-order valence-corrected chi connectivity index (χ0v) is 14.6. The summed E-state index contributed by atoms with van der Waals surface area (Å²) >= 11 is 0. The number of carbonyl (C=O) groups excluding carboxylic acids is 2. The Morgan fingerprint density at radius 2 is 1.78 bits per heavy atom. The first kappa shape index (κ1) is 16.9. The normalized spacial score (nSPS) is 12.5. The number of furan rings is 1. The highest BCUT2D eigenvalue weighted by molar-refractivity contribution is 6.03. The summed E-state index contributed by atoms with van der Waals surface area (Å²) in [6, 6.07) is 18.4. The first-order valence-corrected chi connectivity index (χ1v) is 8.77. The minimum Gasteiger partial charge on any atom is -0.459 e. The Morgan fingerprint density at radius 1 is 0.963 bits per heavy atom. The van der Waals surface area contributed by atoms with Crippen molar-refractivity contribution in [3.8, 4) is 0 Å². The Bertz CT molecular complexity index is 966. The molecule has 2 N–H and O–H groups in total. The molecule has 0 radical (unpaired) electrons. The molecule has 3 aromatic rings. The Kier molecular flexibility index (Phi) is 4.61. The molecule has 6 heteroatoms. The molecule has 0 fully saturated rings. The van der Waals surface area contributed by atoms with Crippen LogP contribution < -0.4 is 15.5 Å². The van der Waals surface area contributed by atoms with Crippen LogP contribution in [-0.4, -0.2) is 24.9 Å². The Balaban J connectivity index is 1.38. The van der Waals surface area contributed by atoms with Crippen molar-refractivity contribution in [3.63, 3.8) is 0 Å². The Labute approximate surface area is 156 Å². The average Bonchev–Trinajstić information content (AvgIpc) is 3.33. The second-order valence-electron chi connectivity index (χ2n) is 6.36. The van der Waals surface area contributed by atoms with Crippen molar-refractivity contribution in [2.24, 2.45) is 0 Å². The van der Waals surface area contributed by atoms with Gasteiger partial charge in [0, 0.05) is 23.6 Å². The molecule has 0 bridgehead atoms. The number of hydrogen-bond donors (Lipinski definition) is 2. The number of anilines is 3. The third kappa shape index (κ3) is 3.84. The molecule has 4 rings (SSSR count). The smallest absolute Gasteiger partial charge is 0.291 e. The summed E-state index contributed by atoms with van der Waals surface area (Å²) in [4.78, 5) is 26.6. The van der Waals surface area contributed by atoms with E-state index in [1.807, 2.05) is 18.2 Å². The van der Waals surface area contributed by atoms with Gasteiger partial charge in [-0.05, 0) is 48.4 Å². The first-order valence-electron chi connectivity index (χ1n) is 8.77. The lowest BCUT2D eigenvalue weighted by molar-refractivity contribution is -0.115. The molecule has 0 saturated carbocycles. The van der Waals surface area contributed by atoms with Crippen LogP contribution in [-0.2, 0) is 11.2 Å². The fraction of sp³-hybridized carbons (Fsp3) is 0.143. The topological polar surface area (TPSA) is 74.6 Å². The van der Waals surface area contributed by atoms with Crippen molar-refractivity contribution in [1.82, 2.24) is 0 Å². The molecule has 27 heavy (non-hydrogen) atoms. The van der Waals surface area contributed by atoms with E-state index >= 15 is 0 Å². The van der Waals surface area contributed by atoms with Crippen LogP contribution in [0.1, 0.15) is 16.1 Å². The minimum absolute atomic E-state index is 0.0961. The van der Waals surface area contributed by atoms with E-state index in [4.69, 9.17) is 4.42 Å². The maximum absolute atomic E-state index is 12.4. The predicted molar refractivity (Wildman–Crippen MR) is 104 cm³/mol. The highest BCUT2D eigenvalue weighted by Crippen LogP contribution is 2.27. The van der Waals surface area contributed by atoms with Crippen LogP contribution in [0.5, 0.6) is 0 Å². The molecule has 0 aliphatic carbocycles. The average molecular weight is 361 g/mol. The number of hydrogen-bond acceptors (Lipinski definition) is 4. The second kappa shape index (κ2) is 7.37. The second-order valence-corrected chi connectivity index (χ2v) is 6.36. The van der Waals surface area contributed by atoms with Crippen LogP contribution in [0.15, 0.2) is 71.3 Å². The summed E-state index contributed by atoms with van der Waals surface area (Å²) in [7, 11) is 0. The Morgan fingerprint density at radius 3 is 2.59 bits per heavy atom. The molecule has 2 amide bonds. The summed E-state index contributed by atoms with van der Waals surface area (Å²) in [5.41, 5.74) is 3.60. The van der Waals surface area contributed by atoms with Crippen molar-refractivity contribution < 1.29 is 14.0 Å². The van der Waals surface area contributed by atoms with Gasteiger partial charge in [-0.3, -0.25) is 9.59 Å². The summed E-state index contributed by atoms with van der Waals surface area (Å²) in [5.74, 6) is -0.199. The summed E-state index contributed by atoms with van der Waals surface area (Å²) in [6.45, 7) is 1.13. The van der Waals surface area contributed by atoms with Gasteiger partial charge in [0.1, 0.15) is 0 Å². The van der Waals surface area contributed by atoms with Gasteiger partial charge in [-0.25, -0.2) is 0 Å². The van der Waals surface area contributed by atoms with Gasteiger partial charge in [0.2, 0.25) is 5.91 Å². The third-order valence-corrected chi connectivity index (χ3v) is 4.47. The van der Waals surface area contributed by atoms with Gasteiger partial charge in [0.05, 0.1) is 12.8 Å². The maximum Gasteiger partial charge on any atom is 0.291 e. The molecule has 1 aliphatic rings. The number of fused-ring (bicyclic) bond motifs is 1. The lowest BCUT2D eigenvalue weighted by atomic mass is 10.2. The maximum atomic E-state index is 12.4. The van der Waals surface area contributed by atoms with Crippen molar-refractivity contribution in [3.05, 3.63) is 78.3 Å². The van der Waals surface area contributed by atoms with Crippen LogP contribution in [0.2, 0.25) is 0 Å². The van der Waals surface area contributed by atoms with E-state index < -0.39 is 0 Å². The SMILES string of the molecule is O=C(CN1CCc2ccccc21)Nc1cccc(NC(=O)c2ccco2)c1. The highest BCUT2D eigenvalue weighted by Gasteiger charge is 2.20. The van der Waals surface area contributed by atoms with Gasteiger partial charge in [0.25, 0.3) is 5.91 Å². The van der Waals surface area contributed by atoms with Crippen molar-refractivity contribution in [2.45, 2.75) is 6.42 Å². The molecule has 6 nitrogen and oxygen atoms in total. The molecule has 2 aromatic carbocycles. The quantitative estimate of drug-likeness (QED) is 0.729. The van der Waals surface area contributed by atoms with Gasteiger partial charge in [0.15, 0.2) is 5.76 Å². The zero-order chi connectivity index (χ0) is 18.6. The predicted octanol–water partition coefficient (Wildman–Crippen LogP) is 3.53. The van der Waals surface area contributed by atoms with E-state index in [2.05, 4.69) is 21.6 Å². The number of rotatable bonds is 5. The molecule has 2 heterocycles. The molecule has 0 unspecified atom stereocenters. The molecule has 0 saturated heterocycles. The number of benzene rings is 2. The van der Waals surface area contributed by atoms with Crippen LogP contribution in [0.3, 0.4) is 0 Å². The molecule has 1 aliphatic heterocycles. The number of para-hydroxylation sites is 1. The summed E-state index contributed by atoms with van der Waals surface area (Å²) < 4.78 is 5.08. The lowest BCUT2D eigenvalue weighted by Gasteiger charge is -2.18. The zero-order valence-electron chi connectivity index (χ0n) is 14.6. The molecule has 1 aromatic heterocycles. The fourth-order valence-electron chi connectivity index (χ4n) is 3.22. The number of carbonyl (C=O) groups is 2. The molecule has 136 valence electrons. The van der Waals surface area contributed by atoms with Crippen molar-refractivity contribution >= 4 is 28.9 Å². The highest BCUT2D eigenvalue weighted by atomic mass is 16.3. The largest absolute Gasteiger partial charge is 0.459 e. The van der Waals surface area contributed by atoms with Gasteiger partial charge in [-0.15, -0.1) is 0 Å². The van der Waals surface area contributed by atoms with Gasteiger partial charge in [-0.2, -0.15) is 0 Å². The molecular weight excluding hydrogens is 342 g/mol. The van der Waals surface area contributed by atoms with Gasteiger partial charge < -0.3 is 20.0 Å². The number of amides is 2. The van der Waals surface area contributed by atoms with E-state index in [-0.39, 0.29) is 17.6 Å². The minimum atomic E-state index is -0.336. The van der Waals surface area contributed by atoms with Crippen molar-refractivity contribution in [2.75, 3.05) is 28.6 Å². The summed E-state index contributed by atoms with van der Waals surface area (Å²) in [5, 5.41) is 5.64. The first-order chi connectivity index (χ1) is 13.2. The standard InChI is InChI=1S/C21H19N3O3/c25-20(14-24-11-10-15-5-1-2-8-18(15)24)22-16-6-3-7-17(13-16)23-21(26)19-9-4-12-27-19/h1-9,12-13H,10-11,14H2,(H,22,25)(H,23,26). The summed E-state index contributed by atoms with van der Waals surface area (Å²) in [6.07, 6.45) is 2.40. The monoisotopic (exact) mass is 361 g/mol. The molecular formula is C21H19N3O3. The van der Waals surface area contributed by atoms with E-state index in [1.54, 1.807) is 36.4 Å². The van der Waals surface area contributed by atoms with E-state index in [0.717, 1.165) is 18.7 Å². The van der Waals surface area contributed by atoms with E-state index in [0.29, 0.717) is 17.9 Å². The van der Waals surface area contributed by atoms with E-state index in [1.165, 1.54) is 11.8 Å². The van der Waals surface area contributed by atoms with Crippen LogP contribution >= 0.6 is 0 Å². The number of nitrogens with zero attached hydrogens (tertiary/aromatic N) is 1.